The molecule has 3 N–H and O–H groups in total. The first-order valence-electron chi connectivity index (χ1n) is 6.20. The summed E-state index contributed by atoms with van der Waals surface area (Å²) in [6, 6.07) is 14.0. The predicted molar refractivity (Wildman–Crippen MR) is 90.3 cm³/mol. The van der Waals surface area contributed by atoms with E-state index in [2.05, 4.69) is 49.3 Å². The molecule has 0 bridgehead atoms. The Morgan fingerprint density at radius 1 is 1.15 bits per heavy atom. The van der Waals surface area contributed by atoms with Crippen molar-refractivity contribution in [2.45, 2.75) is 6.04 Å². The fourth-order valence-corrected chi connectivity index (χ4v) is 2.60. The van der Waals surface area contributed by atoms with Crippen LogP contribution in [-0.2, 0) is 0 Å². The minimum Gasteiger partial charge on any atom is -0.495 e. The lowest BCUT2D eigenvalue weighted by molar-refractivity contribution is 0.416. The Bertz CT molecular complexity index is 590. The van der Waals surface area contributed by atoms with Gasteiger partial charge in [-0.25, -0.2) is 0 Å². The van der Waals surface area contributed by atoms with Gasteiger partial charge in [0.2, 0.25) is 0 Å². The second-order valence-corrected chi connectivity index (χ2v) is 6.02. The molecule has 1 unspecified atom stereocenters. The lowest BCUT2D eigenvalue weighted by atomic mass is 10.1. The van der Waals surface area contributed by atoms with Crippen molar-refractivity contribution in [2.24, 2.45) is 5.73 Å². The normalized spacial score (nSPS) is 12.0. The maximum Gasteiger partial charge on any atom is 0.141 e. The summed E-state index contributed by atoms with van der Waals surface area (Å²) >= 11 is 6.99. The minimum absolute atomic E-state index is 0.0238. The third-order valence-electron chi connectivity index (χ3n) is 3.02. The number of hydrogen-bond acceptors (Lipinski definition) is 3. The summed E-state index contributed by atoms with van der Waals surface area (Å²) in [5.74, 6) is 0.808. The van der Waals surface area contributed by atoms with Gasteiger partial charge in [-0.1, -0.05) is 18.2 Å². The van der Waals surface area contributed by atoms with Gasteiger partial charge in [0.25, 0.3) is 0 Å². The van der Waals surface area contributed by atoms with Crippen LogP contribution in [0.1, 0.15) is 11.6 Å². The summed E-state index contributed by atoms with van der Waals surface area (Å²) in [6.07, 6.45) is 0. The molecule has 0 aliphatic carbocycles. The average molecular weight is 400 g/mol. The number of methoxy groups -OCH3 is 1. The Kier molecular flexibility index (Phi) is 5.46. The quantitative estimate of drug-likeness (QED) is 0.786. The van der Waals surface area contributed by atoms with Crippen molar-refractivity contribution in [1.82, 2.24) is 0 Å². The third-order valence-corrected chi connectivity index (χ3v) is 4.90. The van der Waals surface area contributed by atoms with E-state index in [0.29, 0.717) is 6.54 Å². The van der Waals surface area contributed by atoms with E-state index in [1.807, 2.05) is 30.3 Å². The van der Waals surface area contributed by atoms with E-state index in [0.717, 1.165) is 25.9 Å². The summed E-state index contributed by atoms with van der Waals surface area (Å²) in [5.41, 5.74) is 7.96. The van der Waals surface area contributed by atoms with Crippen LogP contribution >= 0.6 is 31.9 Å². The van der Waals surface area contributed by atoms with Crippen LogP contribution in [-0.4, -0.2) is 13.7 Å². The van der Waals surface area contributed by atoms with Crippen molar-refractivity contribution < 1.29 is 4.74 Å². The number of benzene rings is 2. The molecule has 0 amide bonds. The largest absolute Gasteiger partial charge is 0.495 e. The summed E-state index contributed by atoms with van der Waals surface area (Å²) in [5, 5.41) is 3.43. The highest BCUT2D eigenvalue weighted by molar-refractivity contribution is 9.13. The zero-order chi connectivity index (χ0) is 14.5. The highest BCUT2D eigenvalue weighted by atomic mass is 79.9. The minimum atomic E-state index is 0.0238. The summed E-state index contributed by atoms with van der Waals surface area (Å²) in [7, 11) is 1.66. The molecule has 0 spiro atoms. The molecule has 0 saturated heterocycles. The number of halogens is 2. The molecule has 2 aromatic carbocycles. The van der Waals surface area contributed by atoms with E-state index >= 15 is 0 Å². The van der Waals surface area contributed by atoms with Crippen LogP contribution in [0.4, 0.5) is 5.69 Å². The lowest BCUT2D eigenvalue weighted by Gasteiger charge is -2.20. The zero-order valence-corrected chi connectivity index (χ0v) is 14.2. The molecule has 5 heteroatoms. The molecular formula is C15H16Br2N2O. The van der Waals surface area contributed by atoms with Crippen molar-refractivity contribution in [1.29, 1.82) is 0 Å². The van der Waals surface area contributed by atoms with Gasteiger partial charge in [0.15, 0.2) is 0 Å². The van der Waals surface area contributed by atoms with E-state index in [4.69, 9.17) is 10.5 Å². The molecule has 20 heavy (non-hydrogen) atoms. The molecule has 0 aromatic heterocycles. The number of hydrogen-bond donors (Lipinski definition) is 2. The molecule has 106 valence electrons. The number of para-hydroxylation sites is 2. The number of rotatable bonds is 5. The van der Waals surface area contributed by atoms with Crippen molar-refractivity contribution in [3.63, 3.8) is 0 Å². The Morgan fingerprint density at radius 3 is 2.55 bits per heavy atom. The lowest BCUT2D eigenvalue weighted by Crippen LogP contribution is -2.20. The van der Waals surface area contributed by atoms with Crippen LogP contribution in [0, 0.1) is 0 Å². The highest BCUT2D eigenvalue weighted by Crippen LogP contribution is 2.30. The van der Waals surface area contributed by atoms with E-state index < -0.39 is 0 Å². The van der Waals surface area contributed by atoms with Gasteiger partial charge in [-0.05, 0) is 61.7 Å². The first-order valence-corrected chi connectivity index (χ1v) is 7.79. The SMILES string of the molecule is COc1ccccc1NC(CN)c1ccc(Br)c(Br)c1. The van der Waals surface area contributed by atoms with Crippen LogP contribution in [0.2, 0.25) is 0 Å². The number of nitrogens with two attached hydrogens (primary N) is 1. The number of anilines is 1. The second kappa shape index (κ2) is 7.11. The molecule has 2 rings (SSSR count). The van der Waals surface area contributed by atoms with E-state index in [9.17, 15) is 0 Å². The number of nitrogens with one attached hydrogen (secondary N) is 1. The predicted octanol–water partition coefficient (Wildman–Crippen LogP) is 4.33. The van der Waals surface area contributed by atoms with E-state index in [1.165, 1.54) is 0 Å². The summed E-state index contributed by atoms with van der Waals surface area (Å²) in [4.78, 5) is 0. The first kappa shape index (κ1) is 15.4. The fourth-order valence-electron chi connectivity index (χ4n) is 1.96. The molecular weight excluding hydrogens is 384 g/mol. The first-order chi connectivity index (χ1) is 9.65. The van der Waals surface area contributed by atoms with Crippen LogP contribution in [0.3, 0.4) is 0 Å². The summed E-state index contributed by atoms with van der Waals surface area (Å²) < 4.78 is 7.38. The van der Waals surface area contributed by atoms with Crippen LogP contribution in [0.25, 0.3) is 0 Å². The van der Waals surface area contributed by atoms with Gasteiger partial charge >= 0.3 is 0 Å². The average Bonchev–Trinajstić information content (AvgIpc) is 2.48. The van der Waals surface area contributed by atoms with Crippen molar-refractivity contribution in [2.75, 3.05) is 19.0 Å². The van der Waals surface area contributed by atoms with Gasteiger partial charge in [-0.15, -0.1) is 0 Å². The van der Waals surface area contributed by atoms with Gasteiger partial charge < -0.3 is 15.8 Å². The van der Waals surface area contributed by atoms with Gasteiger partial charge in [0.05, 0.1) is 18.8 Å². The molecule has 2 aromatic rings. The van der Waals surface area contributed by atoms with E-state index in [-0.39, 0.29) is 6.04 Å². The zero-order valence-electron chi connectivity index (χ0n) is 11.1. The van der Waals surface area contributed by atoms with Crippen molar-refractivity contribution in [3.8, 4) is 5.75 Å². The Morgan fingerprint density at radius 2 is 1.90 bits per heavy atom. The Labute approximate surface area is 135 Å². The Hall–Kier alpha value is -1.04. The van der Waals surface area contributed by atoms with Crippen molar-refractivity contribution in [3.05, 3.63) is 57.0 Å². The molecule has 1 atom stereocenters. The van der Waals surface area contributed by atoms with Crippen molar-refractivity contribution >= 4 is 37.5 Å². The van der Waals surface area contributed by atoms with Gasteiger partial charge in [0, 0.05) is 15.5 Å². The smallest absolute Gasteiger partial charge is 0.141 e. The van der Waals surface area contributed by atoms with Gasteiger partial charge in [0.1, 0.15) is 5.75 Å². The monoisotopic (exact) mass is 398 g/mol. The maximum atomic E-state index is 5.90. The molecule has 0 heterocycles. The van der Waals surface area contributed by atoms with Crippen LogP contribution in [0.15, 0.2) is 51.4 Å². The Balaban J connectivity index is 2.26. The second-order valence-electron chi connectivity index (χ2n) is 4.31. The van der Waals surface area contributed by atoms with Crippen LogP contribution in [0.5, 0.6) is 5.75 Å². The molecule has 0 fully saturated rings. The van der Waals surface area contributed by atoms with Gasteiger partial charge in [-0.3, -0.25) is 0 Å². The van der Waals surface area contributed by atoms with Crippen LogP contribution < -0.4 is 15.8 Å². The summed E-state index contributed by atoms with van der Waals surface area (Å²) in [6.45, 7) is 0.492. The maximum absolute atomic E-state index is 5.90. The topological polar surface area (TPSA) is 47.3 Å². The molecule has 0 aliphatic heterocycles. The van der Waals surface area contributed by atoms with E-state index in [1.54, 1.807) is 7.11 Å². The molecule has 0 saturated carbocycles. The molecule has 0 radical (unpaired) electrons. The molecule has 3 nitrogen and oxygen atoms in total. The third kappa shape index (κ3) is 3.53. The molecule has 0 aliphatic rings. The number of ether oxygens (including phenoxy) is 1. The standard InChI is InChI=1S/C15H16Br2N2O/c1-20-15-5-3-2-4-13(15)19-14(9-18)10-6-7-11(16)12(17)8-10/h2-8,14,19H,9,18H2,1H3. The van der Waals surface area contributed by atoms with Gasteiger partial charge in [-0.2, -0.15) is 0 Å². The fraction of sp³-hybridized carbons (Fsp3) is 0.200. The highest BCUT2D eigenvalue weighted by Gasteiger charge is 2.13.